The van der Waals surface area contributed by atoms with Crippen molar-refractivity contribution in [1.29, 1.82) is 0 Å². The van der Waals surface area contributed by atoms with Gasteiger partial charge in [-0.3, -0.25) is 0 Å². The minimum Gasteiger partial charge on any atom is -0.335 e. The fourth-order valence-corrected chi connectivity index (χ4v) is 15.4. The molecule has 4 unspecified atom stereocenters. The molecule has 6 aromatic carbocycles. The zero-order valence-corrected chi connectivity index (χ0v) is 46.0. The van der Waals surface area contributed by atoms with Crippen LogP contribution < -0.4 is 31.1 Å². The SMILES string of the molecule is CC(C)(C)c1ccc(N2c3ccc(C(C)(C)C)cc3B3c4cc(C(C)(C)C)cc5c4N(c4cc(N6c7ccc(C(C)(C)C)cc7C7(C)CCCCC67C)cc2c43)C2(C)CCCCC52c2ccccc2)cc1. The third-order valence-electron chi connectivity index (χ3n) is 19.7. The highest BCUT2D eigenvalue weighted by molar-refractivity contribution is 7.00. The van der Waals surface area contributed by atoms with Gasteiger partial charge in [0.2, 0.25) is 0 Å². The molecule has 12 rings (SSSR count). The standard InChI is InChI=1S/C67H80BN3/c1-60(2,3)43-25-29-48(30-26-43)69-55-32-28-46(62(7,8)9)39-52(55)68-53-40-47(63(10,11)12)38-51-59(53)71(66(15)35-21-22-36-67(51,66)44-23-17-16-18-24-44)57-42-49(41-56(69)58(57)68)70-54-31-27-45(61(4,5)6)37-50(54)64(13)33-19-20-34-65(64,70)14/h16-18,23-32,37-42H,19-22,33-36H2,1-15H3. The number of hydrogen-bond donors (Lipinski definition) is 0. The molecule has 0 saturated heterocycles. The van der Waals surface area contributed by atoms with Crippen molar-refractivity contribution in [2.24, 2.45) is 0 Å². The van der Waals surface area contributed by atoms with Crippen LogP contribution in [0.25, 0.3) is 0 Å². The van der Waals surface area contributed by atoms with Crippen LogP contribution in [0.3, 0.4) is 0 Å². The first kappa shape index (κ1) is 46.8. The molecule has 4 atom stereocenters. The number of benzene rings is 6. The van der Waals surface area contributed by atoms with Crippen molar-refractivity contribution in [2.45, 2.75) is 199 Å². The van der Waals surface area contributed by atoms with E-state index in [4.69, 9.17) is 0 Å². The Morgan fingerprint density at radius 1 is 0.423 bits per heavy atom. The van der Waals surface area contributed by atoms with Gasteiger partial charge in [-0.25, -0.2) is 0 Å². The van der Waals surface area contributed by atoms with Crippen molar-refractivity contribution in [3.63, 3.8) is 0 Å². The van der Waals surface area contributed by atoms with Crippen LogP contribution >= 0.6 is 0 Å². The number of nitrogens with zero attached hydrogens (tertiary/aromatic N) is 3. The average molecular weight is 938 g/mol. The van der Waals surface area contributed by atoms with E-state index in [1.165, 1.54) is 122 Å². The summed E-state index contributed by atoms with van der Waals surface area (Å²) in [6.07, 6.45) is 9.59. The van der Waals surface area contributed by atoms with Gasteiger partial charge in [-0.2, -0.15) is 0 Å². The molecule has 0 amide bonds. The molecule has 6 aromatic rings. The Labute approximate surface area is 428 Å². The summed E-state index contributed by atoms with van der Waals surface area (Å²) in [5.41, 5.74) is 23.6. The molecule has 2 fully saturated rings. The van der Waals surface area contributed by atoms with Gasteiger partial charge in [0.25, 0.3) is 6.71 Å². The van der Waals surface area contributed by atoms with Crippen LogP contribution in [0.15, 0.2) is 115 Å². The maximum Gasteiger partial charge on any atom is 0.252 e. The van der Waals surface area contributed by atoms with Crippen LogP contribution in [-0.4, -0.2) is 17.8 Å². The molecule has 3 nitrogen and oxygen atoms in total. The first-order valence-electron chi connectivity index (χ1n) is 27.6. The number of anilines is 7. The monoisotopic (exact) mass is 938 g/mol. The molecule has 366 valence electrons. The number of fused-ring (bicyclic) bond motifs is 10. The van der Waals surface area contributed by atoms with Gasteiger partial charge >= 0.3 is 0 Å². The first-order chi connectivity index (χ1) is 33.3. The van der Waals surface area contributed by atoms with Crippen LogP contribution in [0, 0.1) is 0 Å². The molecule has 4 aliphatic heterocycles. The fraction of sp³-hybridized carbons (Fsp3) is 0.463. The van der Waals surface area contributed by atoms with E-state index in [9.17, 15) is 0 Å². The highest BCUT2D eigenvalue weighted by Gasteiger charge is 2.65. The van der Waals surface area contributed by atoms with Gasteiger partial charge in [-0.1, -0.05) is 195 Å². The summed E-state index contributed by atoms with van der Waals surface area (Å²) < 4.78 is 0. The van der Waals surface area contributed by atoms with Crippen LogP contribution in [0.2, 0.25) is 0 Å². The Kier molecular flexibility index (Phi) is 9.86. The maximum absolute atomic E-state index is 2.98. The smallest absolute Gasteiger partial charge is 0.252 e. The van der Waals surface area contributed by atoms with Crippen molar-refractivity contribution in [1.82, 2.24) is 0 Å². The van der Waals surface area contributed by atoms with E-state index >= 15 is 0 Å². The molecule has 0 spiro atoms. The van der Waals surface area contributed by atoms with Gasteiger partial charge in [-0.05, 0) is 153 Å². The second-order valence-corrected chi connectivity index (χ2v) is 27.9. The molecule has 71 heavy (non-hydrogen) atoms. The second-order valence-electron chi connectivity index (χ2n) is 27.9. The van der Waals surface area contributed by atoms with Crippen molar-refractivity contribution in [3.8, 4) is 0 Å². The first-order valence-corrected chi connectivity index (χ1v) is 27.6. The van der Waals surface area contributed by atoms with Gasteiger partial charge in [0.15, 0.2) is 0 Å². The predicted octanol–water partition coefficient (Wildman–Crippen LogP) is 16.0. The van der Waals surface area contributed by atoms with E-state index in [1.807, 2.05) is 0 Å². The van der Waals surface area contributed by atoms with E-state index in [0.29, 0.717) is 0 Å². The summed E-state index contributed by atoms with van der Waals surface area (Å²) in [5.74, 6) is 0. The molecule has 6 aliphatic rings. The predicted molar refractivity (Wildman–Crippen MR) is 306 cm³/mol. The Hall–Kier alpha value is -5.22. The van der Waals surface area contributed by atoms with E-state index in [-0.39, 0.29) is 50.3 Å². The summed E-state index contributed by atoms with van der Waals surface area (Å²) in [5, 5.41) is 0. The summed E-state index contributed by atoms with van der Waals surface area (Å²) in [4.78, 5) is 8.55. The van der Waals surface area contributed by atoms with Crippen LogP contribution in [0.1, 0.15) is 194 Å². The van der Waals surface area contributed by atoms with E-state index < -0.39 is 0 Å². The normalized spacial score (nSPS) is 25.3. The minimum atomic E-state index is -0.210. The largest absolute Gasteiger partial charge is 0.335 e. The number of hydrogen-bond acceptors (Lipinski definition) is 3. The van der Waals surface area contributed by atoms with Crippen LogP contribution in [-0.2, 0) is 32.5 Å². The van der Waals surface area contributed by atoms with Crippen molar-refractivity contribution >= 4 is 62.9 Å². The Bertz CT molecular complexity index is 3150. The lowest BCUT2D eigenvalue weighted by molar-refractivity contribution is 0.194. The second kappa shape index (κ2) is 14.9. The van der Waals surface area contributed by atoms with Crippen LogP contribution in [0.5, 0.6) is 0 Å². The number of rotatable bonds is 3. The van der Waals surface area contributed by atoms with Gasteiger partial charge in [0.05, 0.1) is 11.1 Å². The van der Waals surface area contributed by atoms with Crippen molar-refractivity contribution < 1.29 is 0 Å². The highest BCUT2D eigenvalue weighted by atomic mass is 15.3. The summed E-state index contributed by atoms with van der Waals surface area (Å²) in [6, 6.07) is 47.3. The topological polar surface area (TPSA) is 9.72 Å². The third-order valence-corrected chi connectivity index (χ3v) is 19.7. The molecule has 4 heterocycles. The average Bonchev–Trinajstić information content (AvgIpc) is 3.68. The molecular formula is C67H80BN3. The molecule has 4 heteroatoms. The van der Waals surface area contributed by atoms with E-state index in [1.54, 1.807) is 5.56 Å². The zero-order chi connectivity index (χ0) is 50.2. The molecular weight excluding hydrogens is 858 g/mol. The molecule has 2 aliphatic carbocycles. The van der Waals surface area contributed by atoms with Gasteiger partial charge < -0.3 is 14.7 Å². The zero-order valence-electron chi connectivity index (χ0n) is 46.0. The summed E-state index contributed by atoms with van der Waals surface area (Å²) >= 11 is 0. The fourth-order valence-electron chi connectivity index (χ4n) is 15.4. The quantitative estimate of drug-likeness (QED) is 0.164. The highest BCUT2D eigenvalue weighted by Crippen LogP contribution is 2.67. The molecule has 2 saturated carbocycles. The lowest BCUT2D eigenvalue weighted by Crippen LogP contribution is -2.65. The maximum atomic E-state index is 2.98. The van der Waals surface area contributed by atoms with Gasteiger partial charge in [-0.15, -0.1) is 0 Å². The summed E-state index contributed by atoms with van der Waals surface area (Å²) in [6.45, 7) is 36.6. The van der Waals surface area contributed by atoms with Crippen molar-refractivity contribution in [2.75, 3.05) is 14.7 Å². The Morgan fingerprint density at radius 3 is 1.61 bits per heavy atom. The Balaban J connectivity index is 1.24. The molecule has 0 aromatic heterocycles. The molecule has 0 radical (unpaired) electrons. The van der Waals surface area contributed by atoms with Gasteiger partial charge in [0.1, 0.15) is 0 Å². The lowest BCUT2D eigenvalue weighted by atomic mass is 9.33. The van der Waals surface area contributed by atoms with E-state index in [0.717, 1.165) is 19.3 Å². The summed E-state index contributed by atoms with van der Waals surface area (Å²) in [7, 11) is 0. The van der Waals surface area contributed by atoms with Gasteiger partial charge in [0, 0.05) is 50.6 Å². The minimum absolute atomic E-state index is 0.00449. The molecule has 0 N–H and O–H groups in total. The Morgan fingerprint density at radius 2 is 0.958 bits per heavy atom. The van der Waals surface area contributed by atoms with Crippen LogP contribution in [0.4, 0.5) is 39.8 Å². The van der Waals surface area contributed by atoms with E-state index in [2.05, 4.69) is 234 Å². The lowest BCUT2D eigenvalue weighted by Gasteiger charge is -2.54. The molecule has 0 bridgehead atoms. The van der Waals surface area contributed by atoms with Crippen molar-refractivity contribution in [3.05, 3.63) is 154 Å². The third kappa shape index (κ3) is 6.33.